The van der Waals surface area contributed by atoms with Crippen molar-refractivity contribution >= 4 is 23.5 Å². The van der Waals surface area contributed by atoms with Crippen LogP contribution in [0.1, 0.15) is 21.7 Å². The van der Waals surface area contributed by atoms with E-state index >= 15 is 0 Å². The molecule has 0 atom stereocenters. The minimum absolute atomic E-state index is 0.118. The lowest BCUT2D eigenvalue weighted by Crippen LogP contribution is -2.18. The topological polar surface area (TPSA) is 72.2 Å². The van der Waals surface area contributed by atoms with Gasteiger partial charge in [0.2, 0.25) is 5.13 Å². The van der Waals surface area contributed by atoms with Crippen molar-refractivity contribution in [3.8, 4) is 16.4 Å². The number of alkyl halides is 3. The molecule has 0 spiro atoms. The number of benzene rings is 2. The van der Waals surface area contributed by atoms with E-state index in [-0.39, 0.29) is 16.5 Å². The van der Waals surface area contributed by atoms with Crippen LogP contribution in [0.5, 0.6) is 0 Å². The zero-order valence-corrected chi connectivity index (χ0v) is 16.9. The van der Waals surface area contributed by atoms with Gasteiger partial charge in [-0.15, -0.1) is 11.3 Å². The van der Waals surface area contributed by atoms with Gasteiger partial charge in [-0.25, -0.2) is 19.5 Å². The molecule has 0 fully saturated rings. The molecule has 1 amide bonds. The van der Waals surface area contributed by atoms with Crippen molar-refractivity contribution in [2.24, 2.45) is 5.10 Å². The maximum Gasteiger partial charge on any atom is 0.433 e. The van der Waals surface area contributed by atoms with Crippen molar-refractivity contribution in [2.45, 2.75) is 6.18 Å². The number of hydrazone groups is 1. The summed E-state index contributed by atoms with van der Waals surface area (Å²) < 4.78 is 54.3. The van der Waals surface area contributed by atoms with Gasteiger partial charge in [0.15, 0.2) is 5.69 Å². The molecule has 32 heavy (non-hydrogen) atoms. The van der Waals surface area contributed by atoms with Crippen LogP contribution in [-0.4, -0.2) is 26.9 Å². The van der Waals surface area contributed by atoms with Crippen LogP contribution in [-0.2, 0) is 6.18 Å². The fourth-order valence-electron chi connectivity index (χ4n) is 2.72. The molecule has 0 radical (unpaired) electrons. The molecule has 1 N–H and O–H groups in total. The van der Waals surface area contributed by atoms with Gasteiger partial charge in [-0.2, -0.15) is 23.4 Å². The van der Waals surface area contributed by atoms with E-state index in [1.807, 2.05) is 0 Å². The van der Waals surface area contributed by atoms with Crippen molar-refractivity contribution in [2.75, 3.05) is 0 Å². The van der Waals surface area contributed by atoms with Gasteiger partial charge in [0.05, 0.1) is 11.9 Å². The van der Waals surface area contributed by atoms with Crippen LogP contribution in [0.25, 0.3) is 16.4 Å². The predicted octanol–water partition coefficient (Wildman–Crippen LogP) is 4.92. The average Bonchev–Trinajstić information content (AvgIpc) is 3.43. The third-order valence-electron chi connectivity index (χ3n) is 4.22. The number of thiazole rings is 1. The minimum Gasteiger partial charge on any atom is -0.266 e. The van der Waals surface area contributed by atoms with Gasteiger partial charge in [0, 0.05) is 10.9 Å². The van der Waals surface area contributed by atoms with E-state index < -0.39 is 23.6 Å². The average molecular weight is 459 g/mol. The van der Waals surface area contributed by atoms with E-state index in [0.717, 1.165) is 17.4 Å². The van der Waals surface area contributed by atoms with Crippen molar-refractivity contribution in [3.63, 3.8) is 0 Å². The SMILES string of the molecule is O=C(N/N=C\c1ccc(F)cc1)c1csc(-n2nc(-c3ccccc3)cc2C(F)(F)F)n1. The predicted molar refractivity (Wildman–Crippen MR) is 111 cm³/mol. The third kappa shape index (κ3) is 4.72. The molecule has 0 aliphatic carbocycles. The summed E-state index contributed by atoms with van der Waals surface area (Å²) in [4.78, 5) is 16.2. The van der Waals surface area contributed by atoms with Crippen LogP contribution >= 0.6 is 11.3 Å². The van der Waals surface area contributed by atoms with Crippen molar-refractivity contribution in [3.05, 3.63) is 88.8 Å². The molecule has 2 aromatic carbocycles. The highest BCUT2D eigenvalue weighted by molar-refractivity contribution is 7.12. The van der Waals surface area contributed by atoms with Crippen LogP contribution < -0.4 is 5.43 Å². The number of nitrogens with zero attached hydrogens (tertiary/aromatic N) is 4. The lowest BCUT2D eigenvalue weighted by Gasteiger charge is -2.06. The normalized spacial score (nSPS) is 11.8. The van der Waals surface area contributed by atoms with E-state index in [1.54, 1.807) is 30.3 Å². The lowest BCUT2D eigenvalue weighted by molar-refractivity contribution is -0.142. The van der Waals surface area contributed by atoms with Gasteiger partial charge in [-0.05, 0) is 23.8 Å². The number of nitrogens with one attached hydrogen (secondary N) is 1. The largest absolute Gasteiger partial charge is 0.433 e. The highest BCUT2D eigenvalue weighted by Gasteiger charge is 2.37. The van der Waals surface area contributed by atoms with Crippen LogP contribution in [0.4, 0.5) is 17.6 Å². The molecule has 4 rings (SSSR count). The highest BCUT2D eigenvalue weighted by Crippen LogP contribution is 2.34. The maximum atomic E-state index is 13.6. The Labute approximate surface area is 182 Å². The van der Waals surface area contributed by atoms with Gasteiger partial charge in [0.25, 0.3) is 5.91 Å². The Morgan fingerprint density at radius 2 is 1.81 bits per heavy atom. The van der Waals surface area contributed by atoms with Crippen molar-refractivity contribution in [1.29, 1.82) is 0 Å². The first kappa shape index (κ1) is 21.4. The molecule has 4 aromatic rings. The van der Waals surface area contributed by atoms with Gasteiger partial charge in [-0.1, -0.05) is 42.5 Å². The van der Waals surface area contributed by atoms with Crippen molar-refractivity contribution in [1.82, 2.24) is 20.2 Å². The summed E-state index contributed by atoms with van der Waals surface area (Å²) in [5.74, 6) is -1.12. The second-order valence-corrected chi connectivity index (χ2v) is 7.29. The Morgan fingerprint density at radius 3 is 2.50 bits per heavy atom. The van der Waals surface area contributed by atoms with Crippen LogP contribution in [0.15, 0.2) is 71.1 Å². The van der Waals surface area contributed by atoms with Crippen LogP contribution in [0.3, 0.4) is 0 Å². The molecule has 0 aliphatic heterocycles. The number of amides is 1. The van der Waals surface area contributed by atoms with E-state index in [0.29, 0.717) is 15.8 Å². The fraction of sp³-hybridized carbons (Fsp3) is 0.0476. The Balaban J connectivity index is 1.56. The summed E-state index contributed by atoms with van der Waals surface area (Å²) in [5.41, 5.74) is 2.29. The second kappa shape index (κ2) is 8.71. The second-order valence-electron chi connectivity index (χ2n) is 6.46. The van der Waals surface area contributed by atoms with E-state index in [2.05, 4.69) is 20.6 Å². The monoisotopic (exact) mass is 459 g/mol. The van der Waals surface area contributed by atoms with Crippen LogP contribution in [0.2, 0.25) is 0 Å². The molecule has 2 aromatic heterocycles. The standard InChI is InChI=1S/C21H13F4N5OS/c22-15-8-6-13(7-9-15)11-26-28-19(31)17-12-32-20(27-17)30-18(21(23,24)25)10-16(29-30)14-4-2-1-3-5-14/h1-12H,(H,28,31)/b26-11-. The van der Waals surface area contributed by atoms with E-state index in [4.69, 9.17) is 0 Å². The van der Waals surface area contributed by atoms with Crippen molar-refractivity contribution < 1.29 is 22.4 Å². The number of carbonyl (C=O) groups is 1. The quantitative estimate of drug-likeness (QED) is 0.262. The van der Waals surface area contributed by atoms with Gasteiger partial charge >= 0.3 is 6.18 Å². The smallest absolute Gasteiger partial charge is 0.266 e. The number of hydrogen-bond donors (Lipinski definition) is 1. The first-order valence-corrected chi connectivity index (χ1v) is 9.97. The fourth-order valence-corrected chi connectivity index (χ4v) is 3.48. The van der Waals surface area contributed by atoms with Gasteiger partial charge in [0.1, 0.15) is 11.5 Å². The molecule has 11 heteroatoms. The summed E-state index contributed by atoms with van der Waals surface area (Å²) in [5, 5.41) is 8.99. The molecular weight excluding hydrogens is 446 g/mol. The molecule has 0 saturated heterocycles. The molecule has 2 heterocycles. The van der Waals surface area contributed by atoms with Crippen LogP contribution in [0, 0.1) is 5.82 Å². The summed E-state index contributed by atoms with van der Waals surface area (Å²) >= 11 is 0.836. The highest BCUT2D eigenvalue weighted by atomic mass is 32.1. The Kier molecular flexibility index (Phi) is 5.82. The number of aromatic nitrogens is 3. The molecular formula is C21H13F4N5OS. The first-order valence-electron chi connectivity index (χ1n) is 9.09. The van der Waals surface area contributed by atoms with E-state index in [9.17, 15) is 22.4 Å². The third-order valence-corrected chi connectivity index (χ3v) is 5.04. The van der Waals surface area contributed by atoms with E-state index in [1.165, 1.54) is 35.9 Å². The zero-order valence-electron chi connectivity index (χ0n) is 16.0. The Bertz CT molecular complexity index is 1260. The zero-order chi connectivity index (χ0) is 22.7. The summed E-state index contributed by atoms with van der Waals surface area (Å²) in [7, 11) is 0. The number of halogens is 4. The number of carbonyl (C=O) groups excluding carboxylic acids is 1. The van der Waals surface area contributed by atoms with Gasteiger partial charge < -0.3 is 0 Å². The number of hydrogen-bond acceptors (Lipinski definition) is 5. The minimum atomic E-state index is -4.67. The molecule has 6 nitrogen and oxygen atoms in total. The van der Waals surface area contributed by atoms with Gasteiger partial charge in [-0.3, -0.25) is 4.79 Å². The number of rotatable bonds is 5. The Hall–Kier alpha value is -3.86. The molecule has 0 aliphatic rings. The molecule has 0 saturated carbocycles. The molecule has 0 bridgehead atoms. The lowest BCUT2D eigenvalue weighted by atomic mass is 10.1. The Morgan fingerprint density at radius 1 is 1.09 bits per heavy atom. The summed E-state index contributed by atoms with van der Waals surface area (Å²) in [6.45, 7) is 0. The summed E-state index contributed by atoms with van der Waals surface area (Å²) in [6.07, 6.45) is -3.38. The molecule has 0 unspecified atom stereocenters. The maximum absolute atomic E-state index is 13.6. The first-order chi connectivity index (χ1) is 15.3. The molecule has 162 valence electrons. The summed E-state index contributed by atoms with van der Waals surface area (Å²) in [6, 6.07) is 14.8.